The van der Waals surface area contributed by atoms with Crippen molar-refractivity contribution >= 4 is 47.4 Å². The lowest BCUT2D eigenvalue weighted by molar-refractivity contribution is 0.0147. The number of carbonyl (C=O) groups excluding carboxylic acids is 1. The molecule has 1 fully saturated rings. The molecule has 0 aromatic carbocycles. The van der Waals surface area contributed by atoms with Crippen LogP contribution in [0.25, 0.3) is 0 Å². The minimum Gasteiger partial charge on any atom is -0.444 e. The standard InChI is InChI=1S/C18H31N5O2S.HI/c1-18(2,3)25-17(24)23-11-9-22(10-12-23)8-7-20-16(19-4)21-14-15-6-5-13-26-15;/h5-6,13H,7-12,14H2,1-4H3,(H2,19,20,21);1H. The number of ether oxygens (including phenoxy) is 1. The fourth-order valence-electron chi connectivity index (χ4n) is 2.62. The van der Waals surface area contributed by atoms with Gasteiger partial charge in [-0.15, -0.1) is 35.3 Å². The van der Waals surface area contributed by atoms with Gasteiger partial charge in [0.15, 0.2) is 5.96 Å². The minimum absolute atomic E-state index is 0. The van der Waals surface area contributed by atoms with Crippen molar-refractivity contribution in [2.45, 2.75) is 32.9 Å². The molecule has 2 N–H and O–H groups in total. The SMILES string of the molecule is CN=C(NCCN1CCN(C(=O)OC(C)(C)C)CC1)NCc1cccs1.I. The van der Waals surface area contributed by atoms with Crippen LogP contribution >= 0.6 is 35.3 Å². The molecule has 1 aliphatic rings. The number of carbonyl (C=O) groups is 1. The maximum Gasteiger partial charge on any atom is 0.410 e. The third kappa shape index (κ3) is 9.11. The summed E-state index contributed by atoms with van der Waals surface area (Å²) in [4.78, 5) is 21.8. The summed E-state index contributed by atoms with van der Waals surface area (Å²) >= 11 is 1.73. The molecule has 0 aliphatic carbocycles. The van der Waals surface area contributed by atoms with Crippen LogP contribution in [0.1, 0.15) is 25.6 Å². The van der Waals surface area contributed by atoms with Gasteiger partial charge in [-0.3, -0.25) is 9.89 Å². The van der Waals surface area contributed by atoms with Crippen LogP contribution in [0.3, 0.4) is 0 Å². The molecule has 27 heavy (non-hydrogen) atoms. The van der Waals surface area contributed by atoms with Gasteiger partial charge in [-0.05, 0) is 32.2 Å². The van der Waals surface area contributed by atoms with Crippen molar-refractivity contribution in [1.29, 1.82) is 0 Å². The van der Waals surface area contributed by atoms with Crippen molar-refractivity contribution in [3.63, 3.8) is 0 Å². The number of aliphatic imine (C=N–C) groups is 1. The van der Waals surface area contributed by atoms with Crippen LogP contribution in [0.5, 0.6) is 0 Å². The number of hydrogen-bond acceptors (Lipinski definition) is 5. The zero-order valence-electron chi connectivity index (χ0n) is 16.7. The first-order valence-electron chi connectivity index (χ1n) is 9.04. The number of piperazine rings is 1. The molecule has 1 amide bonds. The number of hydrogen-bond donors (Lipinski definition) is 2. The van der Waals surface area contributed by atoms with E-state index in [2.05, 4.69) is 38.0 Å². The third-order valence-corrected chi connectivity index (χ3v) is 4.85. The van der Waals surface area contributed by atoms with E-state index in [0.717, 1.165) is 38.7 Å². The first-order valence-corrected chi connectivity index (χ1v) is 9.92. The smallest absolute Gasteiger partial charge is 0.410 e. The van der Waals surface area contributed by atoms with Crippen molar-refractivity contribution in [3.8, 4) is 0 Å². The molecule has 1 aromatic heterocycles. The van der Waals surface area contributed by atoms with Gasteiger partial charge < -0.3 is 20.3 Å². The van der Waals surface area contributed by atoms with E-state index in [1.807, 2.05) is 20.8 Å². The lowest BCUT2D eigenvalue weighted by Gasteiger charge is -2.35. The van der Waals surface area contributed by atoms with Crippen LogP contribution in [-0.2, 0) is 11.3 Å². The molecule has 2 rings (SSSR count). The molecule has 0 unspecified atom stereocenters. The quantitative estimate of drug-likeness (QED) is 0.363. The largest absolute Gasteiger partial charge is 0.444 e. The van der Waals surface area contributed by atoms with Crippen LogP contribution in [-0.4, -0.2) is 73.8 Å². The lowest BCUT2D eigenvalue weighted by Crippen LogP contribution is -2.51. The normalized spacial score (nSPS) is 15.9. The molecular formula is C18H32IN5O2S. The van der Waals surface area contributed by atoms with E-state index in [9.17, 15) is 4.79 Å². The van der Waals surface area contributed by atoms with Crippen LogP contribution < -0.4 is 10.6 Å². The summed E-state index contributed by atoms with van der Waals surface area (Å²) in [7, 11) is 1.78. The maximum atomic E-state index is 12.1. The Morgan fingerprint density at radius 1 is 1.26 bits per heavy atom. The molecule has 1 saturated heterocycles. The number of halogens is 1. The minimum atomic E-state index is -0.440. The van der Waals surface area contributed by atoms with E-state index in [1.54, 1.807) is 23.3 Å². The van der Waals surface area contributed by atoms with Gasteiger partial charge in [-0.1, -0.05) is 6.07 Å². The zero-order valence-corrected chi connectivity index (χ0v) is 19.8. The molecule has 7 nitrogen and oxygen atoms in total. The lowest BCUT2D eigenvalue weighted by atomic mass is 10.2. The third-order valence-electron chi connectivity index (χ3n) is 3.98. The topological polar surface area (TPSA) is 69.2 Å². The highest BCUT2D eigenvalue weighted by atomic mass is 127. The highest BCUT2D eigenvalue weighted by Crippen LogP contribution is 2.11. The number of guanidine groups is 1. The Bertz CT molecular complexity index is 581. The van der Waals surface area contributed by atoms with E-state index in [-0.39, 0.29) is 30.1 Å². The first kappa shape index (κ1) is 24.0. The van der Waals surface area contributed by atoms with Crippen molar-refractivity contribution in [1.82, 2.24) is 20.4 Å². The van der Waals surface area contributed by atoms with Gasteiger partial charge in [-0.2, -0.15) is 0 Å². The predicted molar refractivity (Wildman–Crippen MR) is 122 cm³/mol. The Balaban J connectivity index is 0.00000364. The van der Waals surface area contributed by atoms with Crippen LogP contribution in [0.2, 0.25) is 0 Å². The van der Waals surface area contributed by atoms with E-state index in [4.69, 9.17) is 4.74 Å². The second-order valence-electron chi connectivity index (χ2n) is 7.24. The van der Waals surface area contributed by atoms with Gasteiger partial charge >= 0.3 is 6.09 Å². The molecule has 1 aromatic rings. The molecule has 0 radical (unpaired) electrons. The van der Waals surface area contributed by atoms with Crippen LogP contribution in [0.15, 0.2) is 22.5 Å². The van der Waals surface area contributed by atoms with Gasteiger partial charge in [0.1, 0.15) is 5.60 Å². The van der Waals surface area contributed by atoms with Gasteiger partial charge in [-0.25, -0.2) is 4.79 Å². The van der Waals surface area contributed by atoms with Crippen molar-refractivity contribution in [2.75, 3.05) is 46.3 Å². The molecule has 0 saturated carbocycles. The Morgan fingerprint density at radius 2 is 1.96 bits per heavy atom. The fraction of sp³-hybridized carbons (Fsp3) is 0.667. The second kappa shape index (κ2) is 11.7. The predicted octanol–water partition coefficient (Wildman–Crippen LogP) is 2.58. The summed E-state index contributed by atoms with van der Waals surface area (Å²) in [5.74, 6) is 0.811. The van der Waals surface area contributed by atoms with Crippen molar-refractivity contribution in [3.05, 3.63) is 22.4 Å². The highest BCUT2D eigenvalue weighted by molar-refractivity contribution is 14.0. The first-order chi connectivity index (χ1) is 12.4. The van der Waals surface area contributed by atoms with E-state index in [1.165, 1.54) is 4.88 Å². The van der Waals surface area contributed by atoms with E-state index >= 15 is 0 Å². The highest BCUT2D eigenvalue weighted by Gasteiger charge is 2.25. The average molecular weight is 509 g/mol. The average Bonchev–Trinajstić information content (AvgIpc) is 3.10. The van der Waals surface area contributed by atoms with Crippen molar-refractivity contribution < 1.29 is 9.53 Å². The molecule has 2 heterocycles. The second-order valence-corrected chi connectivity index (χ2v) is 8.27. The number of nitrogens with zero attached hydrogens (tertiary/aromatic N) is 3. The Morgan fingerprint density at radius 3 is 2.52 bits per heavy atom. The maximum absolute atomic E-state index is 12.1. The molecule has 154 valence electrons. The molecular weight excluding hydrogens is 477 g/mol. The number of thiophene rings is 1. The van der Waals surface area contributed by atoms with Gasteiger partial charge in [0.2, 0.25) is 0 Å². The van der Waals surface area contributed by atoms with Crippen molar-refractivity contribution in [2.24, 2.45) is 4.99 Å². The monoisotopic (exact) mass is 509 g/mol. The van der Waals surface area contributed by atoms with Gasteiger partial charge in [0, 0.05) is 51.2 Å². The van der Waals surface area contributed by atoms with Crippen LogP contribution in [0, 0.1) is 0 Å². The summed E-state index contributed by atoms with van der Waals surface area (Å²) in [5.41, 5.74) is -0.440. The summed E-state index contributed by atoms with van der Waals surface area (Å²) in [6.45, 7) is 11.3. The molecule has 0 bridgehead atoms. The zero-order chi connectivity index (χ0) is 19.0. The number of amides is 1. The van der Waals surface area contributed by atoms with Gasteiger partial charge in [0.05, 0.1) is 6.54 Å². The molecule has 0 atom stereocenters. The Hall–Kier alpha value is -1.07. The van der Waals surface area contributed by atoms with E-state index < -0.39 is 5.60 Å². The van der Waals surface area contributed by atoms with Gasteiger partial charge in [0.25, 0.3) is 0 Å². The van der Waals surface area contributed by atoms with Crippen LogP contribution in [0.4, 0.5) is 4.79 Å². The van der Waals surface area contributed by atoms with E-state index in [0.29, 0.717) is 13.1 Å². The molecule has 1 aliphatic heterocycles. The molecule has 0 spiro atoms. The number of rotatable bonds is 5. The summed E-state index contributed by atoms with van der Waals surface area (Å²) < 4.78 is 5.43. The summed E-state index contributed by atoms with van der Waals surface area (Å²) in [5, 5.41) is 8.73. The Labute approximate surface area is 183 Å². The molecule has 9 heteroatoms. The summed E-state index contributed by atoms with van der Waals surface area (Å²) in [6, 6.07) is 4.16. The number of nitrogens with one attached hydrogen (secondary N) is 2. The summed E-state index contributed by atoms with van der Waals surface area (Å²) in [6.07, 6.45) is -0.214. The Kier molecular flexibility index (Phi) is 10.4. The fourth-order valence-corrected chi connectivity index (χ4v) is 3.26.